The molecule has 50 heavy (non-hydrogen) atoms. The average Bonchev–Trinajstić information content (AvgIpc) is 3.10. The minimum absolute atomic E-state index is 0.0208. The van der Waals surface area contributed by atoms with Crippen LogP contribution in [0, 0.1) is 0 Å². The van der Waals surface area contributed by atoms with Crippen molar-refractivity contribution in [3.05, 3.63) is 161 Å². The van der Waals surface area contributed by atoms with Crippen LogP contribution in [0.5, 0.6) is 0 Å². The van der Waals surface area contributed by atoms with E-state index in [0.717, 1.165) is 52.5 Å². The molecule has 4 aromatic carbocycles. The van der Waals surface area contributed by atoms with Crippen molar-refractivity contribution in [2.75, 3.05) is 17.3 Å². The number of rotatable bonds is 14. The Bertz CT molecular complexity index is 1880. The van der Waals surface area contributed by atoms with Crippen LogP contribution in [0.1, 0.15) is 93.9 Å². The first kappa shape index (κ1) is 36.7. The number of hydrogen-bond donors (Lipinski definition) is 2. The van der Waals surface area contributed by atoms with Crippen LogP contribution in [0.25, 0.3) is 11.1 Å². The fourth-order valence-corrected chi connectivity index (χ4v) is 7.28. The summed E-state index contributed by atoms with van der Waals surface area (Å²) in [5.74, 6) is 0.902. The van der Waals surface area contributed by atoms with Crippen molar-refractivity contribution in [3.8, 4) is 11.1 Å². The van der Waals surface area contributed by atoms with Crippen LogP contribution in [0.2, 0.25) is 0 Å². The van der Waals surface area contributed by atoms with E-state index < -0.39 is 0 Å². The Morgan fingerprint density at radius 1 is 0.880 bits per heavy atom. The van der Waals surface area contributed by atoms with E-state index in [1.165, 1.54) is 39.1 Å². The number of anilines is 3. The number of nitrogens with one attached hydrogen (secondary N) is 1. The van der Waals surface area contributed by atoms with Crippen LogP contribution in [-0.4, -0.2) is 18.8 Å². The van der Waals surface area contributed by atoms with Crippen LogP contribution in [0.4, 0.5) is 17.1 Å². The highest BCUT2D eigenvalue weighted by atomic mass is 32.1. The number of hydrogen-bond acceptors (Lipinski definition) is 4. The maximum atomic E-state index is 5.30. The smallest absolute Gasteiger partial charge is 0.0647 e. The van der Waals surface area contributed by atoms with Crippen LogP contribution in [0.15, 0.2) is 144 Å². The van der Waals surface area contributed by atoms with Crippen molar-refractivity contribution in [2.24, 2.45) is 4.99 Å². The van der Waals surface area contributed by atoms with Crippen molar-refractivity contribution < 1.29 is 0 Å². The zero-order valence-electron chi connectivity index (χ0n) is 30.7. The zero-order valence-corrected chi connectivity index (χ0v) is 31.6. The first-order valence-electron chi connectivity index (χ1n) is 17.8. The summed E-state index contributed by atoms with van der Waals surface area (Å²) in [5, 5.41) is 3.93. The van der Waals surface area contributed by atoms with Gasteiger partial charge in [0.15, 0.2) is 0 Å². The summed E-state index contributed by atoms with van der Waals surface area (Å²) in [4.78, 5) is 8.50. The molecule has 0 spiro atoms. The Hall–Kier alpha value is -4.54. The Morgan fingerprint density at radius 3 is 2.14 bits per heavy atom. The molecular formula is C46H53N3S. The number of benzene rings is 4. The molecule has 5 rings (SSSR count). The van der Waals surface area contributed by atoms with Gasteiger partial charge in [0.2, 0.25) is 0 Å². The highest BCUT2D eigenvalue weighted by molar-refractivity contribution is 7.84. The third-order valence-corrected chi connectivity index (χ3v) is 9.91. The molecule has 0 saturated carbocycles. The van der Waals surface area contributed by atoms with Gasteiger partial charge in [-0.1, -0.05) is 126 Å². The van der Waals surface area contributed by atoms with E-state index in [4.69, 9.17) is 4.99 Å². The van der Waals surface area contributed by atoms with Crippen LogP contribution in [0.3, 0.4) is 0 Å². The Kier molecular flexibility index (Phi) is 12.1. The van der Waals surface area contributed by atoms with E-state index in [2.05, 4.69) is 174 Å². The van der Waals surface area contributed by atoms with Crippen molar-refractivity contribution in [1.29, 1.82) is 0 Å². The lowest BCUT2D eigenvalue weighted by molar-refractivity contribution is 0.490. The topological polar surface area (TPSA) is 27.6 Å². The summed E-state index contributed by atoms with van der Waals surface area (Å²) < 4.78 is 0. The van der Waals surface area contributed by atoms with Gasteiger partial charge < -0.3 is 10.2 Å². The second kappa shape index (κ2) is 16.4. The highest BCUT2D eigenvalue weighted by Gasteiger charge is 2.31. The molecule has 2 atom stereocenters. The largest absolute Gasteiger partial charge is 0.353 e. The summed E-state index contributed by atoms with van der Waals surface area (Å²) in [7, 11) is 2.13. The summed E-state index contributed by atoms with van der Waals surface area (Å²) >= 11 is 4.48. The normalized spacial score (nSPS) is 15.8. The molecular weight excluding hydrogens is 627 g/mol. The molecule has 3 nitrogen and oxygen atoms in total. The van der Waals surface area contributed by atoms with Gasteiger partial charge >= 0.3 is 0 Å². The average molecular weight is 680 g/mol. The molecule has 2 unspecified atom stereocenters. The minimum atomic E-state index is 0.0208. The van der Waals surface area contributed by atoms with E-state index in [1.54, 1.807) is 0 Å². The molecule has 0 radical (unpaired) electrons. The number of aliphatic imine (C=N–C) groups is 1. The molecule has 0 fully saturated rings. The van der Waals surface area contributed by atoms with Crippen molar-refractivity contribution in [1.82, 2.24) is 0 Å². The summed E-state index contributed by atoms with van der Waals surface area (Å²) in [6.45, 7) is 24.2. The third-order valence-electron chi connectivity index (χ3n) is 9.78. The number of nitrogens with zero attached hydrogens (tertiary/aromatic N) is 2. The van der Waals surface area contributed by atoms with Crippen LogP contribution < -0.4 is 10.2 Å². The molecule has 0 amide bonds. The molecule has 0 aromatic heterocycles. The molecule has 0 bridgehead atoms. The van der Waals surface area contributed by atoms with Gasteiger partial charge in [-0.05, 0) is 94.7 Å². The fraction of sp³-hybridized carbons (Fsp3) is 0.283. The molecule has 0 saturated heterocycles. The van der Waals surface area contributed by atoms with Crippen LogP contribution in [-0.2, 0) is 0 Å². The maximum absolute atomic E-state index is 5.30. The van der Waals surface area contributed by atoms with E-state index in [0.29, 0.717) is 11.8 Å². The highest BCUT2D eigenvalue weighted by Crippen LogP contribution is 2.42. The Labute approximate surface area is 306 Å². The quantitative estimate of drug-likeness (QED) is 0.103. The predicted molar refractivity (Wildman–Crippen MR) is 223 cm³/mol. The van der Waals surface area contributed by atoms with E-state index in [-0.39, 0.29) is 12.0 Å². The van der Waals surface area contributed by atoms with Crippen molar-refractivity contribution >= 4 is 35.4 Å². The molecule has 1 aliphatic heterocycles. The second-order valence-corrected chi connectivity index (χ2v) is 14.8. The van der Waals surface area contributed by atoms with Gasteiger partial charge in [0.25, 0.3) is 0 Å². The molecule has 4 aromatic rings. The summed E-state index contributed by atoms with van der Waals surface area (Å²) in [6.07, 6.45) is 6.49. The summed E-state index contributed by atoms with van der Waals surface area (Å²) in [5.41, 5.74) is 14.0. The Balaban J connectivity index is 1.46. The monoisotopic (exact) mass is 679 g/mol. The van der Waals surface area contributed by atoms with Gasteiger partial charge in [0, 0.05) is 36.3 Å². The zero-order chi connectivity index (χ0) is 35.9. The third kappa shape index (κ3) is 8.42. The predicted octanol–water partition coefficient (Wildman–Crippen LogP) is 13.0. The minimum Gasteiger partial charge on any atom is -0.353 e. The molecule has 258 valence electrons. The van der Waals surface area contributed by atoms with E-state index >= 15 is 0 Å². The molecule has 4 heteroatoms. The maximum Gasteiger partial charge on any atom is 0.0647 e. The first-order chi connectivity index (χ1) is 24.0. The number of fused-ring (bicyclic) bond motifs is 1. The van der Waals surface area contributed by atoms with Gasteiger partial charge in [-0.25, -0.2) is 0 Å². The number of allylic oxidation sites excluding steroid dienone is 4. The lowest BCUT2D eigenvalue weighted by Crippen LogP contribution is -2.29. The van der Waals surface area contributed by atoms with Gasteiger partial charge in [-0.3, -0.25) is 4.99 Å². The first-order valence-corrected chi connectivity index (χ1v) is 18.3. The molecule has 1 aliphatic rings. The van der Waals surface area contributed by atoms with E-state index in [9.17, 15) is 0 Å². The van der Waals surface area contributed by atoms with Gasteiger partial charge in [0.1, 0.15) is 0 Å². The van der Waals surface area contributed by atoms with Crippen LogP contribution >= 0.6 is 12.6 Å². The molecule has 1 N–H and O–H groups in total. The number of para-hydroxylation sites is 2. The lowest BCUT2D eigenvalue weighted by Gasteiger charge is -2.34. The second-order valence-electron chi connectivity index (χ2n) is 14.1. The number of thiol groups is 1. The fourth-order valence-electron chi connectivity index (χ4n) is 7.10. The van der Waals surface area contributed by atoms with Gasteiger partial charge in [-0.15, -0.1) is 12.6 Å². The Morgan fingerprint density at radius 2 is 1.50 bits per heavy atom. The summed E-state index contributed by atoms with van der Waals surface area (Å²) in [6, 6.07) is 32.6. The van der Waals surface area contributed by atoms with E-state index in [1.807, 2.05) is 13.0 Å². The lowest BCUT2D eigenvalue weighted by atomic mass is 9.79. The molecule has 1 heterocycles. The standard InChI is InChI=1S/C46H53N3S/c1-10-42-38-21-15-14-20-37(38)39(25-24-32(6)26-34(8)50)44(47-42)27-33(7)49(9)45-23-17-16-22-43(45)48-46-40(30(2)3)28-36(29-41(46)31(4)5)35-18-12-11-13-19-35/h10-23,26,28-31,39,44,48,50H,1,6-7,24-25,27H2,2-5,8-9H3/b34-26+. The van der Waals surface area contributed by atoms with Crippen molar-refractivity contribution in [2.45, 2.75) is 77.7 Å². The van der Waals surface area contributed by atoms with Crippen molar-refractivity contribution in [3.63, 3.8) is 0 Å². The van der Waals surface area contributed by atoms with Gasteiger partial charge in [0.05, 0.1) is 23.1 Å². The van der Waals surface area contributed by atoms with Gasteiger partial charge in [-0.2, -0.15) is 0 Å². The SMILES string of the molecule is C=CC1=NC(CC(=C)N(C)c2ccccc2Nc2c(C(C)C)cc(-c3ccccc3)cc2C(C)C)C(CCC(=C)/C=C(\C)S)c2ccccc21. The molecule has 0 aliphatic carbocycles.